The average Bonchev–Trinajstić information content (AvgIpc) is 2.91. The minimum absolute atomic E-state index is 0.141. The summed E-state index contributed by atoms with van der Waals surface area (Å²) < 4.78 is 27.7. The third kappa shape index (κ3) is 2.24. The molecule has 0 saturated carbocycles. The molecule has 0 saturated heterocycles. The first-order chi connectivity index (χ1) is 12.3. The lowest BCUT2D eigenvalue weighted by atomic mass is 9.87. The topological polar surface area (TPSA) is 4.93 Å². The Bertz CT molecular complexity index is 1100. The number of hydrogen-bond acceptors (Lipinski definition) is 0. The molecule has 0 spiro atoms. The van der Waals surface area contributed by atoms with Crippen molar-refractivity contribution in [1.82, 2.24) is 4.57 Å². The Morgan fingerprint density at radius 2 is 1.30 bits per heavy atom. The van der Waals surface area contributed by atoms with Crippen molar-refractivity contribution in [2.75, 3.05) is 0 Å². The van der Waals surface area contributed by atoms with Gasteiger partial charge < -0.3 is 4.57 Å². The van der Waals surface area contributed by atoms with E-state index in [2.05, 4.69) is 12.1 Å². The van der Waals surface area contributed by atoms with Gasteiger partial charge in [-0.1, -0.05) is 69.3 Å². The second-order valence-corrected chi connectivity index (χ2v) is 6.92. The zero-order chi connectivity index (χ0) is 18.6. The Morgan fingerprint density at radius 1 is 0.739 bits per heavy atom. The molecule has 1 aromatic heterocycles. The summed E-state index contributed by atoms with van der Waals surface area (Å²) in [6, 6.07) is 18.5. The molecule has 0 amide bonds. The normalized spacial score (nSPS) is 14.0. The third-order valence-electron chi connectivity index (χ3n) is 4.24. The highest BCUT2D eigenvalue weighted by molar-refractivity contribution is 6.09. The van der Waals surface area contributed by atoms with E-state index in [9.17, 15) is 0 Å². The monoisotopic (exact) mass is 302 g/mol. The number of benzene rings is 3. The largest absolute Gasteiger partial charge is 0.309 e. The Balaban J connectivity index is 2.14. The molecule has 0 bridgehead atoms. The van der Waals surface area contributed by atoms with Crippen molar-refractivity contribution in [2.24, 2.45) is 0 Å². The number of para-hydroxylation sites is 2. The van der Waals surface area contributed by atoms with E-state index >= 15 is 0 Å². The number of nitrogens with zero attached hydrogens (tertiary/aromatic N) is 1. The smallest absolute Gasteiger partial charge is 0.0645 e. The van der Waals surface area contributed by atoms with Crippen LogP contribution in [-0.4, -0.2) is 4.57 Å². The molecule has 1 nitrogen and oxygen atoms in total. The molecular weight excluding hydrogens is 278 g/mol. The Kier molecular flexibility index (Phi) is 2.40. The molecule has 0 aliphatic carbocycles. The second kappa shape index (κ2) is 4.99. The number of hydrogen-bond donors (Lipinski definition) is 0. The van der Waals surface area contributed by atoms with Crippen LogP contribution in [0, 0.1) is 0 Å². The highest BCUT2D eigenvalue weighted by Crippen LogP contribution is 2.32. The van der Waals surface area contributed by atoms with Gasteiger partial charge in [-0.3, -0.25) is 0 Å². The molecule has 0 fully saturated rings. The molecule has 0 aliphatic heterocycles. The highest BCUT2D eigenvalue weighted by atomic mass is 15.0. The van der Waals surface area contributed by atoms with Crippen molar-refractivity contribution in [3.8, 4) is 5.69 Å². The van der Waals surface area contributed by atoms with E-state index in [4.69, 9.17) is 4.11 Å². The van der Waals surface area contributed by atoms with Gasteiger partial charge in [0.2, 0.25) is 0 Å². The molecule has 0 aliphatic rings. The summed E-state index contributed by atoms with van der Waals surface area (Å²) in [6.07, 6.45) is 0. The predicted octanol–water partition coefficient (Wildman–Crippen LogP) is 6.08. The van der Waals surface area contributed by atoms with E-state index in [0.29, 0.717) is 17.3 Å². The minimum atomic E-state index is -0.344. The molecule has 0 radical (unpaired) electrons. The summed E-state index contributed by atoms with van der Waals surface area (Å²) in [5, 5.41) is 2.22. The molecule has 4 rings (SSSR count). The van der Waals surface area contributed by atoms with Gasteiger partial charge in [0.1, 0.15) is 0 Å². The SMILES string of the molecule is [2H]c1cc(-n2c3ccccc3c3ccccc32)c([2H])c([2H])c1C(C)(C)C. The van der Waals surface area contributed by atoms with Crippen molar-refractivity contribution in [3.05, 3.63) is 78.3 Å². The van der Waals surface area contributed by atoms with E-state index in [-0.39, 0.29) is 17.5 Å². The number of fused-ring (bicyclic) bond motifs is 3. The molecule has 0 N–H and O–H groups in total. The van der Waals surface area contributed by atoms with Crippen LogP contribution in [0.1, 0.15) is 30.4 Å². The van der Waals surface area contributed by atoms with E-state index in [1.807, 2.05) is 61.7 Å². The molecule has 0 unspecified atom stereocenters. The standard InChI is InChI=1S/C22H21N/c1-22(2,3)16-12-14-17(15-13-16)23-20-10-6-4-8-18(20)19-9-5-7-11-21(19)23/h4-15H,1-3H3/i12D,13D,14D. The predicted molar refractivity (Wildman–Crippen MR) is 99.5 cm³/mol. The lowest BCUT2D eigenvalue weighted by Gasteiger charge is -2.19. The van der Waals surface area contributed by atoms with Crippen LogP contribution in [0.15, 0.2) is 72.7 Å². The maximum atomic E-state index is 8.65. The maximum Gasteiger partial charge on any atom is 0.0645 e. The summed E-state index contributed by atoms with van der Waals surface area (Å²) >= 11 is 0. The Hall–Kier alpha value is -2.54. The molecule has 3 aromatic carbocycles. The van der Waals surface area contributed by atoms with Gasteiger partial charge in [-0.05, 0) is 35.2 Å². The van der Waals surface area contributed by atoms with Crippen molar-refractivity contribution in [3.63, 3.8) is 0 Å². The van der Waals surface area contributed by atoms with Crippen LogP contribution in [0.5, 0.6) is 0 Å². The van der Waals surface area contributed by atoms with E-state index in [0.717, 1.165) is 21.8 Å². The van der Waals surface area contributed by atoms with Crippen LogP contribution in [0.4, 0.5) is 0 Å². The second-order valence-electron chi connectivity index (χ2n) is 6.92. The lowest BCUT2D eigenvalue weighted by Crippen LogP contribution is -2.10. The van der Waals surface area contributed by atoms with Crippen LogP contribution in [0.2, 0.25) is 0 Å². The van der Waals surface area contributed by atoms with Gasteiger partial charge in [0.05, 0.1) is 15.1 Å². The molecule has 1 heterocycles. The Labute approximate surface area is 141 Å². The van der Waals surface area contributed by atoms with Crippen LogP contribution >= 0.6 is 0 Å². The van der Waals surface area contributed by atoms with Gasteiger partial charge in [0, 0.05) is 16.5 Å². The van der Waals surface area contributed by atoms with Crippen molar-refractivity contribution >= 4 is 21.8 Å². The van der Waals surface area contributed by atoms with Gasteiger partial charge in [-0.2, -0.15) is 0 Å². The van der Waals surface area contributed by atoms with Gasteiger partial charge in [0.25, 0.3) is 0 Å². The number of rotatable bonds is 1. The number of aromatic nitrogens is 1. The van der Waals surface area contributed by atoms with Gasteiger partial charge in [0.15, 0.2) is 0 Å². The zero-order valence-electron chi connectivity index (χ0n) is 16.6. The summed E-state index contributed by atoms with van der Waals surface area (Å²) in [7, 11) is 0. The zero-order valence-corrected chi connectivity index (χ0v) is 13.6. The van der Waals surface area contributed by atoms with Crippen molar-refractivity contribution in [2.45, 2.75) is 26.2 Å². The molecule has 114 valence electrons. The maximum absolute atomic E-state index is 8.65. The fourth-order valence-corrected chi connectivity index (χ4v) is 3.05. The van der Waals surface area contributed by atoms with Crippen LogP contribution in [0.3, 0.4) is 0 Å². The first-order valence-electron chi connectivity index (χ1n) is 9.40. The summed E-state index contributed by atoms with van der Waals surface area (Å²) in [6.45, 7) is 5.95. The van der Waals surface area contributed by atoms with Gasteiger partial charge in [-0.15, -0.1) is 0 Å². The molecular formula is C22H21N. The van der Waals surface area contributed by atoms with Gasteiger partial charge >= 0.3 is 0 Å². The van der Waals surface area contributed by atoms with E-state index in [1.165, 1.54) is 0 Å². The summed E-state index contributed by atoms with van der Waals surface area (Å²) in [5.74, 6) is 0. The first-order valence-corrected chi connectivity index (χ1v) is 7.90. The molecule has 23 heavy (non-hydrogen) atoms. The summed E-state index contributed by atoms with van der Waals surface area (Å²) in [5.41, 5.74) is 2.84. The fourth-order valence-electron chi connectivity index (χ4n) is 3.05. The fraction of sp³-hybridized carbons (Fsp3) is 0.182. The quantitative estimate of drug-likeness (QED) is 0.401. The summed E-state index contributed by atoms with van der Waals surface area (Å²) in [4.78, 5) is 0. The Morgan fingerprint density at radius 3 is 1.87 bits per heavy atom. The molecule has 1 heteroatoms. The lowest BCUT2D eigenvalue weighted by molar-refractivity contribution is 0.590. The van der Waals surface area contributed by atoms with Crippen LogP contribution < -0.4 is 0 Å². The minimum Gasteiger partial charge on any atom is -0.309 e. The van der Waals surface area contributed by atoms with Crippen LogP contribution in [0.25, 0.3) is 27.5 Å². The average molecular weight is 302 g/mol. The van der Waals surface area contributed by atoms with Crippen molar-refractivity contribution < 1.29 is 4.11 Å². The highest BCUT2D eigenvalue weighted by Gasteiger charge is 2.15. The molecule has 0 atom stereocenters. The first kappa shape index (κ1) is 11.1. The third-order valence-corrected chi connectivity index (χ3v) is 4.24. The molecule has 4 aromatic rings. The van der Waals surface area contributed by atoms with E-state index in [1.54, 1.807) is 6.07 Å². The van der Waals surface area contributed by atoms with Crippen molar-refractivity contribution in [1.29, 1.82) is 0 Å². The van der Waals surface area contributed by atoms with E-state index < -0.39 is 0 Å². The van der Waals surface area contributed by atoms with Crippen LogP contribution in [-0.2, 0) is 5.41 Å². The van der Waals surface area contributed by atoms with Gasteiger partial charge in [-0.25, -0.2) is 0 Å².